The van der Waals surface area contributed by atoms with Crippen LogP contribution >= 0.6 is 0 Å². The van der Waals surface area contributed by atoms with E-state index in [1.54, 1.807) is 0 Å². The normalized spacial score (nSPS) is 10.7. The van der Waals surface area contributed by atoms with E-state index in [9.17, 15) is 0 Å². The van der Waals surface area contributed by atoms with Crippen LogP contribution < -0.4 is 5.32 Å². The molecule has 0 aliphatic heterocycles. The van der Waals surface area contributed by atoms with E-state index in [1.165, 1.54) is 16.8 Å². The summed E-state index contributed by atoms with van der Waals surface area (Å²) in [6, 6.07) is 19.0. The first-order valence-corrected chi connectivity index (χ1v) is 6.77. The van der Waals surface area contributed by atoms with Crippen LogP contribution in [0.3, 0.4) is 0 Å². The Hall–Kier alpha value is -1.80. The summed E-state index contributed by atoms with van der Waals surface area (Å²) in [6.07, 6.45) is 0. The van der Waals surface area contributed by atoms with Crippen molar-refractivity contribution in [3.05, 3.63) is 65.7 Å². The van der Waals surface area contributed by atoms with Crippen molar-refractivity contribution in [2.24, 2.45) is 0 Å². The average molecular weight is 254 g/mol. The van der Waals surface area contributed by atoms with Crippen molar-refractivity contribution in [1.29, 1.82) is 0 Å². The van der Waals surface area contributed by atoms with Gasteiger partial charge < -0.3 is 10.2 Å². The predicted octanol–water partition coefficient (Wildman–Crippen LogP) is 3.54. The highest BCUT2D eigenvalue weighted by molar-refractivity contribution is 5.50. The molecule has 0 heterocycles. The van der Waals surface area contributed by atoms with Crippen LogP contribution in [0.15, 0.2) is 54.6 Å². The molecule has 2 aromatic carbocycles. The Morgan fingerprint density at radius 1 is 0.947 bits per heavy atom. The number of hydrogen-bond donors (Lipinski definition) is 1. The van der Waals surface area contributed by atoms with E-state index in [0.29, 0.717) is 0 Å². The van der Waals surface area contributed by atoms with Gasteiger partial charge in [0.05, 0.1) is 0 Å². The molecular formula is C17H22N2. The third kappa shape index (κ3) is 4.42. The summed E-state index contributed by atoms with van der Waals surface area (Å²) in [7, 11) is 2.16. The van der Waals surface area contributed by atoms with Crippen LogP contribution in [-0.2, 0) is 6.54 Å². The van der Waals surface area contributed by atoms with Gasteiger partial charge in [0.25, 0.3) is 0 Å². The van der Waals surface area contributed by atoms with E-state index in [0.717, 1.165) is 19.6 Å². The fraction of sp³-hybridized carbons (Fsp3) is 0.294. The molecule has 19 heavy (non-hydrogen) atoms. The smallest absolute Gasteiger partial charge is 0.0370 e. The topological polar surface area (TPSA) is 15.3 Å². The number of likely N-dealkylation sites (N-methyl/N-ethyl adjacent to an activating group) is 1. The van der Waals surface area contributed by atoms with Crippen molar-refractivity contribution >= 4 is 5.69 Å². The second-order valence-electron chi connectivity index (χ2n) is 4.97. The quantitative estimate of drug-likeness (QED) is 0.848. The monoisotopic (exact) mass is 254 g/mol. The van der Waals surface area contributed by atoms with Crippen LogP contribution in [0.1, 0.15) is 11.1 Å². The second kappa shape index (κ2) is 6.95. The summed E-state index contributed by atoms with van der Waals surface area (Å²) in [5, 5.41) is 3.49. The number of rotatable bonds is 6. The molecule has 0 aromatic heterocycles. The lowest BCUT2D eigenvalue weighted by molar-refractivity contribution is 0.340. The molecule has 0 saturated heterocycles. The molecule has 0 unspecified atom stereocenters. The Labute approximate surface area is 116 Å². The van der Waals surface area contributed by atoms with E-state index in [-0.39, 0.29) is 0 Å². The zero-order chi connectivity index (χ0) is 13.5. The lowest BCUT2D eigenvalue weighted by Gasteiger charge is -2.18. The van der Waals surface area contributed by atoms with Gasteiger partial charge in [0, 0.05) is 25.3 Å². The van der Waals surface area contributed by atoms with Gasteiger partial charge >= 0.3 is 0 Å². The minimum atomic E-state index is 0.966. The van der Waals surface area contributed by atoms with E-state index < -0.39 is 0 Å². The van der Waals surface area contributed by atoms with Crippen molar-refractivity contribution in [2.75, 3.05) is 25.5 Å². The third-order valence-electron chi connectivity index (χ3n) is 3.25. The Morgan fingerprint density at radius 2 is 1.63 bits per heavy atom. The maximum atomic E-state index is 3.49. The Kier molecular flexibility index (Phi) is 4.99. The molecule has 2 rings (SSSR count). The van der Waals surface area contributed by atoms with Gasteiger partial charge in [0.1, 0.15) is 0 Å². The highest BCUT2D eigenvalue weighted by Gasteiger charge is 2.00. The molecule has 2 aromatic rings. The van der Waals surface area contributed by atoms with Crippen LogP contribution in [0, 0.1) is 6.92 Å². The number of anilines is 1. The van der Waals surface area contributed by atoms with Gasteiger partial charge in [-0.15, -0.1) is 0 Å². The van der Waals surface area contributed by atoms with Crippen molar-refractivity contribution in [3.8, 4) is 0 Å². The summed E-state index contributed by atoms with van der Waals surface area (Å²) in [5.41, 5.74) is 3.89. The molecule has 0 aliphatic rings. The first kappa shape index (κ1) is 13.6. The summed E-state index contributed by atoms with van der Waals surface area (Å²) in [5.74, 6) is 0. The van der Waals surface area contributed by atoms with Gasteiger partial charge in [-0.2, -0.15) is 0 Å². The number of nitrogens with zero attached hydrogens (tertiary/aromatic N) is 1. The fourth-order valence-electron chi connectivity index (χ4n) is 2.13. The largest absolute Gasteiger partial charge is 0.384 e. The third-order valence-corrected chi connectivity index (χ3v) is 3.25. The highest BCUT2D eigenvalue weighted by Crippen LogP contribution is 2.12. The molecule has 100 valence electrons. The molecule has 0 fully saturated rings. The summed E-state index contributed by atoms with van der Waals surface area (Å²) >= 11 is 0. The maximum Gasteiger partial charge on any atom is 0.0370 e. The Balaban J connectivity index is 1.75. The summed E-state index contributed by atoms with van der Waals surface area (Å²) in [6.45, 7) is 5.13. The Bertz CT molecular complexity index is 494. The SMILES string of the molecule is Cc1ccccc1NCCN(C)Cc1ccccc1. The van der Waals surface area contributed by atoms with Crippen molar-refractivity contribution < 1.29 is 0 Å². The van der Waals surface area contributed by atoms with Crippen LogP contribution in [0.2, 0.25) is 0 Å². The molecule has 0 spiro atoms. The minimum Gasteiger partial charge on any atom is -0.384 e. The van der Waals surface area contributed by atoms with Crippen LogP contribution in [-0.4, -0.2) is 25.0 Å². The first-order chi connectivity index (χ1) is 9.25. The minimum absolute atomic E-state index is 0.966. The van der Waals surface area contributed by atoms with E-state index >= 15 is 0 Å². The van der Waals surface area contributed by atoms with Gasteiger partial charge in [-0.05, 0) is 31.2 Å². The van der Waals surface area contributed by atoms with E-state index in [1.807, 2.05) is 0 Å². The van der Waals surface area contributed by atoms with Gasteiger partial charge in [-0.1, -0.05) is 48.5 Å². The zero-order valence-electron chi connectivity index (χ0n) is 11.8. The second-order valence-corrected chi connectivity index (χ2v) is 4.97. The van der Waals surface area contributed by atoms with E-state index in [4.69, 9.17) is 0 Å². The Morgan fingerprint density at radius 3 is 2.37 bits per heavy atom. The van der Waals surface area contributed by atoms with Crippen molar-refractivity contribution in [1.82, 2.24) is 4.90 Å². The molecule has 0 radical (unpaired) electrons. The standard InChI is InChI=1S/C17H22N2/c1-15-8-6-7-11-17(15)18-12-13-19(2)14-16-9-4-3-5-10-16/h3-11,18H,12-14H2,1-2H3. The van der Waals surface area contributed by atoms with Gasteiger partial charge in [-0.3, -0.25) is 0 Å². The van der Waals surface area contributed by atoms with Crippen LogP contribution in [0.4, 0.5) is 5.69 Å². The van der Waals surface area contributed by atoms with Crippen molar-refractivity contribution in [3.63, 3.8) is 0 Å². The lowest BCUT2D eigenvalue weighted by atomic mass is 10.2. The lowest BCUT2D eigenvalue weighted by Crippen LogP contribution is -2.24. The molecule has 0 bridgehead atoms. The van der Waals surface area contributed by atoms with Crippen LogP contribution in [0.25, 0.3) is 0 Å². The molecule has 1 N–H and O–H groups in total. The molecule has 2 nitrogen and oxygen atoms in total. The zero-order valence-corrected chi connectivity index (χ0v) is 11.8. The fourth-order valence-corrected chi connectivity index (χ4v) is 2.13. The number of hydrogen-bond acceptors (Lipinski definition) is 2. The highest BCUT2D eigenvalue weighted by atomic mass is 15.1. The number of benzene rings is 2. The van der Waals surface area contributed by atoms with E-state index in [2.05, 4.69) is 78.8 Å². The maximum absolute atomic E-state index is 3.49. The summed E-state index contributed by atoms with van der Waals surface area (Å²) in [4.78, 5) is 2.33. The molecule has 0 atom stereocenters. The van der Waals surface area contributed by atoms with Crippen molar-refractivity contribution in [2.45, 2.75) is 13.5 Å². The molecular weight excluding hydrogens is 232 g/mol. The number of para-hydroxylation sites is 1. The molecule has 0 aliphatic carbocycles. The van der Waals surface area contributed by atoms with Gasteiger partial charge in [0.15, 0.2) is 0 Å². The van der Waals surface area contributed by atoms with Crippen LogP contribution in [0.5, 0.6) is 0 Å². The molecule has 0 saturated carbocycles. The first-order valence-electron chi connectivity index (χ1n) is 6.77. The number of aryl methyl sites for hydroxylation is 1. The average Bonchev–Trinajstić information content (AvgIpc) is 2.42. The number of nitrogens with one attached hydrogen (secondary N) is 1. The van der Waals surface area contributed by atoms with Gasteiger partial charge in [0.2, 0.25) is 0 Å². The molecule has 2 heteroatoms. The molecule has 0 amide bonds. The summed E-state index contributed by atoms with van der Waals surface area (Å²) < 4.78 is 0. The predicted molar refractivity (Wildman–Crippen MR) is 82.4 cm³/mol. The van der Waals surface area contributed by atoms with Gasteiger partial charge in [-0.25, -0.2) is 0 Å².